The van der Waals surface area contributed by atoms with Crippen LogP contribution < -0.4 is 9.64 Å². The summed E-state index contributed by atoms with van der Waals surface area (Å²) in [5.74, 6) is 0.486. The zero-order valence-corrected chi connectivity index (χ0v) is 14.6. The van der Waals surface area contributed by atoms with E-state index in [-0.39, 0.29) is 18.1 Å². The van der Waals surface area contributed by atoms with Gasteiger partial charge in [-0.3, -0.25) is 4.79 Å². The molecule has 0 spiro atoms. The van der Waals surface area contributed by atoms with E-state index in [1.807, 2.05) is 42.5 Å². The first kappa shape index (κ1) is 17.2. The molecule has 0 fully saturated rings. The van der Waals surface area contributed by atoms with E-state index >= 15 is 0 Å². The van der Waals surface area contributed by atoms with Gasteiger partial charge in [-0.05, 0) is 35.9 Å². The van der Waals surface area contributed by atoms with Gasteiger partial charge >= 0.3 is 0 Å². The van der Waals surface area contributed by atoms with E-state index in [2.05, 4.69) is 0 Å². The number of para-hydroxylation sites is 1. The van der Waals surface area contributed by atoms with Gasteiger partial charge in [-0.2, -0.15) is 0 Å². The second-order valence-corrected chi connectivity index (χ2v) is 7.78. The second kappa shape index (κ2) is 7.11. The normalized spacial score (nSPS) is 18.0. The van der Waals surface area contributed by atoms with Gasteiger partial charge in [0.1, 0.15) is 5.75 Å². The minimum absolute atomic E-state index is 0.0871. The first-order valence-corrected chi connectivity index (χ1v) is 9.61. The Bertz CT molecular complexity index is 873. The highest BCUT2D eigenvalue weighted by Gasteiger charge is 2.31. The van der Waals surface area contributed by atoms with Crippen molar-refractivity contribution in [2.24, 2.45) is 0 Å². The lowest BCUT2D eigenvalue weighted by Gasteiger charge is -2.27. The molecular weight excluding hydrogens is 338 g/mol. The molecule has 1 aliphatic heterocycles. The summed E-state index contributed by atoms with van der Waals surface area (Å²) in [4.78, 5) is 14.5. The summed E-state index contributed by atoms with van der Waals surface area (Å²) < 4.78 is 28.7. The molecule has 0 aliphatic carbocycles. The zero-order valence-electron chi connectivity index (χ0n) is 13.8. The summed E-state index contributed by atoms with van der Waals surface area (Å²) in [6, 6.07) is 15.9. The molecule has 1 atom stereocenters. The second-order valence-electron chi connectivity index (χ2n) is 5.85. The third-order valence-electron chi connectivity index (χ3n) is 4.06. The van der Waals surface area contributed by atoms with Crippen LogP contribution in [0.3, 0.4) is 0 Å². The molecule has 25 heavy (non-hydrogen) atoms. The van der Waals surface area contributed by atoms with Crippen molar-refractivity contribution >= 4 is 21.4 Å². The number of benzene rings is 2. The van der Waals surface area contributed by atoms with Crippen molar-refractivity contribution in [2.45, 2.75) is 12.5 Å². The zero-order chi connectivity index (χ0) is 17.9. The molecule has 6 heteroatoms. The third-order valence-corrected chi connectivity index (χ3v) is 5.44. The summed E-state index contributed by atoms with van der Waals surface area (Å²) in [7, 11) is -1.67. The highest BCUT2D eigenvalue weighted by molar-refractivity contribution is 7.94. The van der Waals surface area contributed by atoms with Crippen LogP contribution in [0.2, 0.25) is 0 Å². The average Bonchev–Trinajstić information content (AvgIpc) is 2.96. The number of hydrogen-bond acceptors (Lipinski definition) is 4. The molecule has 3 rings (SSSR count). The van der Waals surface area contributed by atoms with Crippen molar-refractivity contribution in [3.63, 3.8) is 0 Å². The van der Waals surface area contributed by atoms with Crippen LogP contribution in [0.15, 0.2) is 66.1 Å². The molecule has 5 nitrogen and oxygen atoms in total. The standard InChI is InChI=1S/C19H19NO4S/c1-24-18-9-7-15(8-10-18)13-19(21)20(16-5-3-2-4-6-16)17-11-12-25(22,23)14-17/h2-12,17H,13-14H2,1H3/t17-/m1/s1. The molecule has 2 aromatic carbocycles. The molecule has 1 heterocycles. The van der Waals surface area contributed by atoms with Crippen LogP contribution in [-0.2, 0) is 21.1 Å². The van der Waals surface area contributed by atoms with Gasteiger partial charge in [0.25, 0.3) is 0 Å². The van der Waals surface area contributed by atoms with Crippen LogP contribution in [0.25, 0.3) is 0 Å². The first-order valence-electron chi connectivity index (χ1n) is 7.89. The Morgan fingerprint density at radius 1 is 1.12 bits per heavy atom. The van der Waals surface area contributed by atoms with Crippen molar-refractivity contribution in [3.05, 3.63) is 71.6 Å². The topological polar surface area (TPSA) is 63.7 Å². The molecule has 0 saturated heterocycles. The number of amides is 1. The fourth-order valence-electron chi connectivity index (χ4n) is 2.83. The molecule has 0 aromatic heterocycles. The maximum Gasteiger partial charge on any atom is 0.231 e. The van der Waals surface area contributed by atoms with Crippen LogP contribution >= 0.6 is 0 Å². The van der Waals surface area contributed by atoms with E-state index in [1.165, 1.54) is 5.41 Å². The Balaban J connectivity index is 1.86. The Morgan fingerprint density at radius 3 is 2.36 bits per heavy atom. The van der Waals surface area contributed by atoms with Gasteiger partial charge in [-0.15, -0.1) is 0 Å². The quantitative estimate of drug-likeness (QED) is 0.825. The Kier molecular flexibility index (Phi) is 4.90. The van der Waals surface area contributed by atoms with Crippen LogP contribution in [-0.4, -0.2) is 33.2 Å². The predicted octanol–water partition coefficient (Wildman–Crippen LogP) is 2.58. The number of methoxy groups -OCH3 is 1. The summed E-state index contributed by atoms with van der Waals surface area (Å²) in [6.45, 7) is 0. The molecule has 0 saturated carbocycles. The van der Waals surface area contributed by atoms with Crippen LogP contribution in [0.4, 0.5) is 5.69 Å². The number of sulfone groups is 1. The van der Waals surface area contributed by atoms with Crippen molar-refractivity contribution < 1.29 is 17.9 Å². The molecule has 130 valence electrons. The number of hydrogen-bond donors (Lipinski definition) is 0. The maximum atomic E-state index is 12.9. The van der Waals surface area contributed by atoms with Gasteiger partial charge in [0.2, 0.25) is 5.91 Å². The number of carbonyl (C=O) groups excluding carboxylic acids is 1. The lowest BCUT2D eigenvalue weighted by molar-refractivity contribution is -0.118. The lowest BCUT2D eigenvalue weighted by Crippen LogP contribution is -2.42. The molecule has 1 aliphatic rings. The predicted molar refractivity (Wildman–Crippen MR) is 97.3 cm³/mol. The number of rotatable bonds is 5. The molecule has 2 aromatic rings. The van der Waals surface area contributed by atoms with Crippen molar-refractivity contribution in [3.8, 4) is 5.75 Å². The number of ether oxygens (including phenoxy) is 1. The van der Waals surface area contributed by atoms with Gasteiger partial charge < -0.3 is 9.64 Å². The van der Waals surface area contributed by atoms with Crippen LogP contribution in [0, 0.1) is 0 Å². The van der Waals surface area contributed by atoms with Crippen molar-refractivity contribution in [2.75, 3.05) is 17.8 Å². The largest absolute Gasteiger partial charge is 0.497 e. The Hall–Kier alpha value is -2.60. The van der Waals surface area contributed by atoms with E-state index in [0.717, 1.165) is 11.3 Å². The van der Waals surface area contributed by atoms with Gasteiger partial charge in [0.15, 0.2) is 9.84 Å². The minimum Gasteiger partial charge on any atom is -0.497 e. The number of anilines is 1. The molecule has 0 unspecified atom stereocenters. The maximum absolute atomic E-state index is 12.9. The molecule has 0 N–H and O–H groups in total. The van der Waals surface area contributed by atoms with Gasteiger partial charge in [-0.1, -0.05) is 30.3 Å². The summed E-state index contributed by atoms with van der Waals surface area (Å²) in [5.41, 5.74) is 1.53. The Morgan fingerprint density at radius 2 is 1.80 bits per heavy atom. The Labute approximate surface area is 147 Å². The fraction of sp³-hybridized carbons (Fsp3) is 0.211. The highest BCUT2D eigenvalue weighted by Crippen LogP contribution is 2.24. The first-order chi connectivity index (χ1) is 12.0. The number of nitrogens with zero attached hydrogens (tertiary/aromatic N) is 1. The molecule has 0 bridgehead atoms. The lowest BCUT2D eigenvalue weighted by atomic mass is 10.1. The van der Waals surface area contributed by atoms with Gasteiger partial charge in [-0.25, -0.2) is 8.42 Å². The van der Waals surface area contributed by atoms with Gasteiger partial charge in [0, 0.05) is 11.1 Å². The van der Waals surface area contributed by atoms with Crippen molar-refractivity contribution in [1.29, 1.82) is 0 Å². The van der Waals surface area contributed by atoms with E-state index in [4.69, 9.17) is 4.74 Å². The summed E-state index contributed by atoms with van der Waals surface area (Å²) in [6.07, 6.45) is 1.76. The van der Waals surface area contributed by atoms with E-state index < -0.39 is 15.9 Å². The van der Waals surface area contributed by atoms with Crippen molar-refractivity contribution in [1.82, 2.24) is 0 Å². The average molecular weight is 357 g/mol. The highest BCUT2D eigenvalue weighted by atomic mass is 32.2. The molecule has 1 amide bonds. The third kappa shape index (κ3) is 4.09. The molecular formula is C19H19NO4S. The minimum atomic E-state index is -3.25. The monoisotopic (exact) mass is 357 g/mol. The number of carbonyl (C=O) groups is 1. The fourth-order valence-corrected chi connectivity index (χ4v) is 4.10. The molecule has 0 radical (unpaired) electrons. The SMILES string of the molecule is COc1ccc(CC(=O)N(c2ccccc2)[C@@H]2C=CS(=O)(=O)C2)cc1. The summed E-state index contributed by atoms with van der Waals surface area (Å²) in [5, 5.41) is 1.19. The van der Waals surface area contributed by atoms with E-state index in [1.54, 1.807) is 30.2 Å². The summed E-state index contributed by atoms with van der Waals surface area (Å²) >= 11 is 0. The van der Waals surface area contributed by atoms with Crippen LogP contribution in [0.5, 0.6) is 5.75 Å². The van der Waals surface area contributed by atoms with Gasteiger partial charge in [0.05, 0.1) is 25.3 Å². The van der Waals surface area contributed by atoms with E-state index in [9.17, 15) is 13.2 Å². The smallest absolute Gasteiger partial charge is 0.231 e. The van der Waals surface area contributed by atoms with E-state index in [0.29, 0.717) is 5.69 Å². The van der Waals surface area contributed by atoms with Crippen LogP contribution in [0.1, 0.15) is 5.56 Å².